The molecule has 0 fully saturated rings. The fourth-order valence-electron chi connectivity index (χ4n) is 1.89. The van der Waals surface area contributed by atoms with E-state index >= 15 is 0 Å². The highest BCUT2D eigenvalue weighted by Crippen LogP contribution is 2.28. The summed E-state index contributed by atoms with van der Waals surface area (Å²) in [6.45, 7) is 0. The van der Waals surface area contributed by atoms with Crippen molar-refractivity contribution in [1.82, 2.24) is 10.3 Å². The maximum Gasteiger partial charge on any atom is 0.0454 e. The number of rotatable bonds is 4. The zero-order valence-electron chi connectivity index (χ0n) is 10.3. The number of halogens is 3. The van der Waals surface area contributed by atoms with Gasteiger partial charge in [0.25, 0.3) is 0 Å². The molecular weight excluding hydrogens is 391 g/mol. The van der Waals surface area contributed by atoms with Crippen molar-refractivity contribution in [2.24, 2.45) is 0 Å². The first-order valence-corrected chi connectivity index (χ1v) is 7.79. The molecule has 0 spiro atoms. The van der Waals surface area contributed by atoms with Gasteiger partial charge in [-0.2, -0.15) is 0 Å². The van der Waals surface area contributed by atoms with Crippen molar-refractivity contribution in [3.63, 3.8) is 0 Å². The number of likely N-dealkylation sites (N-methyl/N-ethyl adjacent to an activating group) is 1. The van der Waals surface area contributed by atoms with Crippen LogP contribution in [0.5, 0.6) is 0 Å². The summed E-state index contributed by atoms with van der Waals surface area (Å²) in [6, 6.07) is 10.0. The van der Waals surface area contributed by atoms with Crippen LogP contribution in [-0.4, -0.2) is 12.0 Å². The van der Waals surface area contributed by atoms with Crippen LogP contribution in [0, 0.1) is 0 Å². The molecule has 2 nitrogen and oxygen atoms in total. The average molecular weight is 405 g/mol. The minimum Gasteiger partial charge on any atom is -0.313 e. The van der Waals surface area contributed by atoms with Gasteiger partial charge < -0.3 is 5.32 Å². The Morgan fingerprint density at radius 2 is 1.95 bits per heavy atom. The Labute approximate surface area is 134 Å². The number of benzene rings is 1. The number of nitrogens with zero attached hydrogens (tertiary/aromatic N) is 1. The van der Waals surface area contributed by atoms with Gasteiger partial charge in [-0.25, -0.2) is 0 Å². The Balaban J connectivity index is 2.24. The van der Waals surface area contributed by atoms with Crippen molar-refractivity contribution in [3.8, 4) is 0 Å². The second kappa shape index (κ2) is 6.84. The van der Waals surface area contributed by atoms with Crippen molar-refractivity contribution in [3.05, 3.63) is 61.8 Å². The van der Waals surface area contributed by atoms with E-state index in [0.29, 0.717) is 0 Å². The molecule has 1 atom stereocenters. The van der Waals surface area contributed by atoms with Crippen LogP contribution < -0.4 is 5.32 Å². The fraction of sp³-hybridized carbons (Fsp3) is 0.214. The van der Waals surface area contributed by atoms with Crippen molar-refractivity contribution in [2.45, 2.75) is 12.5 Å². The minimum absolute atomic E-state index is 0.138. The Hall–Kier alpha value is -0.420. The summed E-state index contributed by atoms with van der Waals surface area (Å²) in [4.78, 5) is 4.40. The van der Waals surface area contributed by atoms with Crippen LogP contribution in [0.3, 0.4) is 0 Å². The van der Waals surface area contributed by atoms with Gasteiger partial charge in [0.1, 0.15) is 0 Å². The second-order valence-corrected chi connectivity index (χ2v) is 6.42. The van der Waals surface area contributed by atoms with Crippen molar-refractivity contribution in [2.75, 3.05) is 7.05 Å². The van der Waals surface area contributed by atoms with Gasteiger partial charge in [-0.05, 0) is 58.9 Å². The number of nitrogens with one attached hydrogen (secondary N) is 1. The largest absolute Gasteiger partial charge is 0.313 e. The zero-order chi connectivity index (χ0) is 13.8. The fourth-order valence-corrected chi connectivity index (χ4v) is 2.75. The van der Waals surface area contributed by atoms with E-state index in [1.165, 1.54) is 0 Å². The Morgan fingerprint density at radius 1 is 1.21 bits per heavy atom. The normalized spacial score (nSPS) is 12.4. The van der Waals surface area contributed by atoms with Gasteiger partial charge in [0.2, 0.25) is 0 Å². The lowest BCUT2D eigenvalue weighted by molar-refractivity contribution is 0.584. The summed E-state index contributed by atoms with van der Waals surface area (Å²) >= 11 is 13.1. The van der Waals surface area contributed by atoms with Crippen molar-refractivity contribution >= 4 is 43.5 Å². The van der Waals surface area contributed by atoms with E-state index in [9.17, 15) is 0 Å². The van der Waals surface area contributed by atoms with Gasteiger partial charge in [-0.3, -0.25) is 4.98 Å². The molecule has 5 heteroatoms. The van der Waals surface area contributed by atoms with Crippen LogP contribution in [-0.2, 0) is 6.42 Å². The molecule has 0 amide bonds. The molecule has 1 heterocycles. The van der Waals surface area contributed by atoms with Crippen LogP contribution in [0.1, 0.15) is 17.3 Å². The predicted molar refractivity (Wildman–Crippen MR) is 86.6 cm³/mol. The molecular formula is C14H13Br2ClN2. The van der Waals surface area contributed by atoms with E-state index in [1.54, 1.807) is 0 Å². The lowest BCUT2D eigenvalue weighted by Gasteiger charge is -2.18. The smallest absolute Gasteiger partial charge is 0.0454 e. The lowest BCUT2D eigenvalue weighted by Crippen LogP contribution is -2.19. The molecule has 2 aromatic rings. The topological polar surface area (TPSA) is 24.9 Å². The molecule has 2 rings (SSSR count). The second-order valence-electron chi connectivity index (χ2n) is 4.18. The molecule has 0 bridgehead atoms. The summed E-state index contributed by atoms with van der Waals surface area (Å²) in [5, 5.41) is 4.06. The van der Waals surface area contributed by atoms with E-state index in [2.05, 4.69) is 42.2 Å². The third-order valence-corrected chi connectivity index (χ3v) is 4.19. The van der Waals surface area contributed by atoms with Crippen molar-refractivity contribution < 1.29 is 0 Å². The van der Waals surface area contributed by atoms with E-state index in [1.807, 2.05) is 43.6 Å². The number of aromatic nitrogens is 1. The molecule has 0 saturated carbocycles. The highest BCUT2D eigenvalue weighted by molar-refractivity contribution is 9.10. The summed E-state index contributed by atoms with van der Waals surface area (Å²) in [6.07, 6.45) is 2.60. The van der Waals surface area contributed by atoms with E-state index in [-0.39, 0.29) is 6.04 Å². The van der Waals surface area contributed by atoms with Gasteiger partial charge in [0.05, 0.1) is 0 Å². The molecule has 1 aromatic carbocycles. The molecule has 0 aliphatic carbocycles. The third kappa shape index (κ3) is 4.02. The summed E-state index contributed by atoms with van der Waals surface area (Å²) in [5.74, 6) is 0. The van der Waals surface area contributed by atoms with Crippen LogP contribution in [0.25, 0.3) is 0 Å². The molecule has 0 aliphatic rings. The highest BCUT2D eigenvalue weighted by Gasteiger charge is 2.14. The molecule has 1 N–H and O–H groups in total. The Morgan fingerprint density at radius 3 is 2.58 bits per heavy atom. The maximum atomic E-state index is 6.27. The van der Waals surface area contributed by atoms with Gasteiger partial charge in [-0.15, -0.1) is 0 Å². The van der Waals surface area contributed by atoms with Crippen LogP contribution >= 0.6 is 43.5 Å². The molecule has 1 unspecified atom stereocenters. The summed E-state index contributed by atoms with van der Waals surface area (Å²) < 4.78 is 2.01. The zero-order valence-corrected chi connectivity index (χ0v) is 14.3. The van der Waals surface area contributed by atoms with Gasteiger partial charge in [-0.1, -0.05) is 27.5 Å². The Kier molecular flexibility index (Phi) is 5.39. The molecule has 1 aromatic heterocycles. The van der Waals surface area contributed by atoms with Crippen LogP contribution in [0.4, 0.5) is 0 Å². The number of pyridine rings is 1. The molecule has 0 saturated heterocycles. The first-order valence-electron chi connectivity index (χ1n) is 5.83. The predicted octanol–water partition coefficient (Wildman–Crippen LogP) is 4.76. The van der Waals surface area contributed by atoms with E-state index in [4.69, 9.17) is 11.6 Å². The van der Waals surface area contributed by atoms with Crippen LogP contribution in [0.15, 0.2) is 45.5 Å². The monoisotopic (exact) mass is 402 g/mol. The number of hydrogen-bond acceptors (Lipinski definition) is 2. The van der Waals surface area contributed by atoms with Gasteiger partial charge in [0.15, 0.2) is 0 Å². The molecule has 0 radical (unpaired) electrons. The minimum atomic E-state index is 0.138. The number of hydrogen-bond donors (Lipinski definition) is 1. The molecule has 19 heavy (non-hydrogen) atoms. The standard InChI is InChI=1S/C14H13Br2ClN2/c1-18-14(7-11-4-2-10(16)8-19-11)12-6-9(15)3-5-13(12)17/h2-6,8,14,18H,7H2,1H3. The lowest BCUT2D eigenvalue weighted by atomic mass is 10.0. The average Bonchev–Trinajstić information content (AvgIpc) is 2.41. The maximum absolute atomic E-state index is 6.27. The highest BCUT2D eigenvalue weighted by atomic mass is 79.9. The van der Waals surface area contributed by atoms with Crippen molar-refractivity contribution in [1.29, 1.82) is 0 Å². The van der Waals surface area contributed by atoms with E-state index < -0.39 is 0 Å². The Bertz CT molecular complexity index is 558. The van der Waals surface area contributed by atoms with Gasteiger partial charge in [0, 0.05) is 38.3 Å². The molecule has 0 aliphatic heterocycles. The summed E-state index contributed by atoms with van der Waals surface area (Å²) in [7, 11) is 1.93. The van der Waals surface area contributed by atoms with Gasteiger partial charge >= 0.3 is 0 Å². The summed E-state index contributed by atoms with van der Waals surface area (Å²) in [5.41, 5.74) is 2.10. The SMILES string of the molecule is CNC(Cc1ccc(Br)cn1)c1cc(Br)ccc1Cl. The molecule has 100 valence electrons. The van der Waals surface area contributed by atoms with Crippen LogP contribution in [0.2, 0.25) is 5.02 Å². The third-order valence-electron chi connectivity index (χ3n) is 2.88. The first kappa shape index (κ1) is 15.0. The quantitative estimate of drug-likeness (QED) is 0.795. The van der Waals surface area contributed by atoms with E-state index in [0.717, 1.165) is 31.6 Å². The first-order chi connectivity index (χ1) is 9.10.